The van der Waals surface area contributed by atoms with E-state index >= 15 is 0 Å². The van der Waals surface area contributed by atoms with Crippen molar-refractivity contribution in [2.24, 2.45) is 0 Å². The minimum absolute atomic E-state index is 0.382. The van der Waals surface area contributed by atoms with E-state index in [9.17, 15) is 9.59 Å². The highest BCUT2D eigenvalue weighted by atomic mass is 16.7. The number of carbonyl (C=O) groups is 2. The molecule has 2 N–H and O–H groups in total. The van der Waals surface area contributed by atoms with Crippen LogP contribution in [0.4, 0.5) is 4.79 Å². The van der Waals surface area contributed by atoms with E-state index in [1.165, 1.54) is 14.2 Å². The van der Waals surface area contributed by atoms with E-state index < -0.39 is 17.9 Å². The summed E-state index contributed by atoms with van der Waals surface area (Å²) < 4.78 is 10.3. The van der Waals surface area contributed by atoms with Crippen LogP contribution in [0.25, 0.3) is 0 Å². The molecule has 6 nitrogen and oxygen atoms in total. The molecule has 0 aromatic heterocycles. The van der Waals surface area contributed by atoms with Crippen molar-refractivity contribution in [2.45, 2.75) is 44.4 Å². The van der Waals surface area contributed by atoms with Crippen LogP contribution in [-0.4, -0.2) is 38.0 Å². The fourth-order valence-corrected chi connectivity index (χ4v) is 2.12. The normalized spacial score (nSPS) is 24.0. The summed E-state index contributed by atoms with van der Waals surface area (Å²) in [5.74, 6) is -0.382. The Kier molecular flexibility index (Phi) is 4.89. The number of unbranched alkanes of at least 4 members (excludes halogenated alkanes) is 2. The number of methoxy groups -OCH3 is 2. The summed E-state index contributed by atoms with van der Waals surface area (Å²) in [5.41, 5.74) is -1.10. The number of nitrogens with one attached hydrogen (secondary N) is 2. The number of imide groups is 1. The van der Waals surface area contributed by atoms with Crippen LogP contribution in [0, 0.1) is 0 Å². The first kappa shape index (κ1) is 13.9. The van der Waals surface area contributed by atoms with Gasteiger partial charge in [0, 0.05) is 14.2 Å². The van der Waals surface area contributed by atoms with Crippen molar-refractivity contribution in [3.63, 3.8) is 0 Å². The summed E-state index contributed by atoms with van der Waals surface area (Å²) >= 11 is 0. The quantitative estimate of drug-likeness (QED) is 0.394. The van der Waals surface area contributed by atoms with Crippen LogP contribution >= 0.6 is 0 Å². The molecule has 3 amide bonds. The number of hydrogen-bond acceptors (Lipinski definition) is 4. The molecule has 1 aliphatic heterocycles. The van der Waals surface area contributed by atoms with Gasteiger partial charge < -0.3 is 14.8 Å². The lowest BCUT2D eigenvalue weighted by atomic mass is 9.91. The van der Waals surface area contributed by atoms with E-state index in [0.717, 1.165) is 19.3 Å². The molecule has 0 bridgehead atoms. The predicted molar refractivity (Wildman–Crippen MR) is 61.4 cm³/mol. The molecule has 0 spiro atoms. The van der Waals surface area contributed by atoms with Gasteiger partial charge in [0.2, 0.25) is 0 Å². The molecule has 0 radical (unpaired) electrons. The molecule has 98 valence electrons. The Morgan fingerprint density at radius 3 is 2.29 bits per heavy atom. The lowest BCUT2D eigenvalue weighted by molar-refractivity contribution is -0.165. The third-order valence-electron chi connectivity index (χ3n) is 2.97. The zero-order valence-electron chi connectivity index (χ0n) is 10.5. The summed E-state index contributed by atoms with van der Waals surface area (Å²) in [6.45, 7) is 2.07. The maximum Gasteiger partial charge on any atom is 0.322 e. The summed E-state index contributed by atoms with van der Waals surface area (Å²) in [6, 6.07) is -0.495. The zero-order valence-corrected chi connectivity index (χ0v) is 10.5. The van der Waals surface area contributed by atoms with Crippen molar-refractivity contribution in [3.8, 4) is 0 Å². The van der Waals surface area contributed by atoms with Crippen molar-refractivity contribution in [1.82, 2.24) is 10.6 Å². The lowest BCUT2D eigenvalue weighted by Crippen LogP contribution is -2.57. The van der Waals surface area contributed by atoms with Crippen LogP contribution in [0.3, 0.4) is 0 Å². The summed E-state index contributed by atoms with van der Waals surface area (Å²) in [7, 11) is 2.90. The summed E-state index contributed by atoms with van der Waals surface area (Å²) in [4.78, 5) is 23.2. The van der Waals surface area contributed by atoms with Gasteiger partial charge in [0.1, 0.15) is 0 Å². The SMILES string of the molecule is CCCCC[C@]1(C(OC)OC)NC(=O)NC1=O. The largest absolute Gasteiger partial charge is 0.353 e. The van der Waals surface area contributed by atoms with Crippen molar-refractivity contribution < 1.29 is 19.1 Å². The Morgan fingerprint density at radius 2 is 1.88 bits per heavy atom. The number of ether oxygens (including phenoxy) is 2. The van der Waals surface area contributed by atoms with Crippen LogP contribution in [0.5, 0.6) is 0 Å². The lowest BCUT2D eigenvalue weighted by Gasteiger charge is -2.32. The molecule has 0 unspecified atom stereocenters. The number of carbonyl (C=O) groups excluding carboxylic acids is 2. The molecule has 1 atom stereocenters. The van der Waals surface area contributed by atoms with Gasteiger partial charge in [-0.2, -0.15) is 0 Å². The Morgan fingerprint density at radius 1 is 1.24 bits per heavy atom. The van der Waals surface area contributed by atoms with Gasteiger partial charge in [0.05, 0.1) is 0 Å². The number of rotatable bonds is 7. The van der Waals surface area contributed by atoms with Gasteiger partial charge in [-0.3, -0.25) is 10.1 Å². The molecular weight excluding hydrogens is 224 g/mol. The fourth-order valence-electron chi connectivity index (χ4n) is 2.12. The van der Waals surface area contributed by atoms with Gasteiger partial charge in [0.25, 0.3) is 5.91 Å². The van der Waals surface area contributed by atoms with Crippen LogP contribution in [-0.2, 0) is 14.3 Å². The second-order valence-electron chi connectivity index (χ2n) is 4.14. The molecule has 17 heavy (non-hydrogen) atoms. The highest BCUT2D eigenvalue weighted by Gasteiger charge is 2.52. The average Bonchev–Trinajstić information content (AvgIpc) is 2.57. The molecule has 0 aliphatic carbocycles. The number of amides is 3. The van der Waals surface area contributed by atoms with E-state index in [1.807, 2.05) is 0 Å². The monoisotopic (exact) mass is 244 g/mol. The maximum atomic E-state index is 11.9. The third kappa shape index (κ3) is 2.76. The summed E-state index contributed by atoms with van der Waals surface area (Å²) in [5, 5.41) is 4.86. The molecular formula is C11H20N2O4. The van der Waals surface area contributed by atoms with Crippen molar-refractivity contribution >= 4 is 11.9 Å². The number of urea groups is 1. The first-order valence-corrected chi connectivity index (χ1v) is 5.80. The molecule has 1 heterocycles. The molecule has 1 rings (SSSR count). The minimum atomic E-state index is -1.10. The average molecular weight is 244 g/mol. The molecule has 6 heteroatoms. The maximum absolute atomic E-state index is 11.9. The van der Waals surface area contributed by atoms with E-state index in [0.29, 0.717) is 6.42 Å². The van der Waals surface area contributed by atoms with Gasteiger partial charge in [-0.25, -0.2) is 4.79 Å². The Hall–Kier alpha value is -1.14. The van der Waals surface area contributed by atoms with Crippen LogP contribution in [0.2, 0.25) is 0 Å². The first-order chi connectivity index (χ1) is 8.10. The Bertz CT molecular complexity index is 291. The van der Waals surface area contributed by atoms with Gasteiger partial charge in [-0.05, 0) is 6.42 Å². The van der Waals surface area contributed by atoms with Crippen LogP contribution in [0.1, 0.15) is 32.6 Å². The van der Waals surface area contributed by atoms with Crippen molar-refractivity contribution in [2.75, 3.05) is 14.2 Å². The van der Waals surface area contributed by atoms with Gasteiger partial charge in [-0.15, -0.1) is 0 Å². The van der Waals surface area contributed by atoms with Gasteiger partial charge in [0.15, 0.2) is 11.8 Å². The van der Waals surface area contributed by atoms with Gasteiger partial charge in [-0.1, -0.05) is 26.2 Å². The van der Waals surface area contributed by atoms with E-state index in [-0.39, 0.29) is 5.91 Å². The Balaban J connectivity index is 2.84. The second-order valence-corrected chi connectivity index (χ2v) is 4.14. The highest BCUT2D eigenvalue weighted by molar-refractivity contribution is 6.07. The van der Waals surface area contributed by atoms with E-state index in [4.69, 9.17) is 9.47 Å². The Labute approximate surface area is 101 Å². The second kappa shape index (κ2) is 5.97. The van der Waals surface area contributed by atoms with E-state index in [1.54, 1.807) is 0 Å². The molecule has 1 aliphatic rings. The smallest absolute Gasteiger partial charge is 0.322 e. The highest BCUT2D eigenvalue weighted by Crippen LogP contribution is 2.25. The minimum Gasteiger partial charge on any atom is -0.353 e. The molecule has 1 fully saturated rings. The topological polar surface area (TPSA) is 76.7 Å². The third-order valence-corrected chi connectivity index (χ3v) is 2.97. The van der Waals surface area contributed by atoms with Crippen LogP contribution in [0.15, 0.2) is 0 Å². The first-order valence-electron chi connectivity index (χ1n) is 5.80. The van der Waals surface area contributed by atoms with Gasteiger partial charge >= 0.3 is 6.03 Å². The number of hydrogen-bond donors (Lipinski definition) is 2. The van der Waals surface area contributed by atoms with Crippen molar-refractivity contribution in [3.05, 3.63) is 0 Å². The standard InChI is InChI=1S/C11H20N2O4/c1-4-5-6-7-11(9(16-2)17-3)8(14)12-10(15)13-11/h9H,4-7H2,1-3H3,(H2,12,13,14,15)/t11-/m0/s1. The zero-order chi connectivity index (χ0) is 12.9. The fraction of sp³-hybridized carbons (Fsp3) is 0.818. The molecule has 0 saturated carbocycles. The molecule has 1 saturated heterocycles. The predicted octanol–water partition coefficient (Wildman–Crippen LogP) is 0.764. The van der Waals surface area contributed by atoms with Crippen LogP contribution < -0.4 is 10.6 Å². The molecule has 0 aromatic rings. The van der Waals surface area contributed by atoms with E-state index in [2.05, 4.69) is 17.6 Å². The molecule has 0 aromatic carbocycles. The summed E-state index contributed by atoms with van der Waals surface area (Å²) in [6.07, 6.45) is 2.59. The van der Waals surface area contributed by atoms with Crippen molar-refractivity contribution in [1.29, 1.82) is 0 Å².